The van der Waals surface area contributed by atoms with Crippen molar-refractivity contribution in [2.75, 3.05) is 18.0 Å². The van der Waals surface area contributed by atoms with E-state index in [1.165, 1.54) is 0 Å². The molecule has 2 atom stereocenters. The summed E-state index contributed by atoms with van der Waals surface area (Å²) in [5.74, 6) is 1.71. The Morgan fingerprint density at radius 1 is 1.00 bits per heavy atom. The van der Waals surface area contributed by atoms with Crippen molar-refractivity contribution in [1.29, 1.82) is 0 Å². The van der Waals surface area contributed by atoms with Crippen molar-refractivity contribution in [2.24, 2.45) is 13.0 Å². The number of phenolic OH excluding ortho intramolecular Hbond substituents is 1. The third kappa shape index (κ3) is 3.88. The minimum absolute atomic E-state index is 0.0937. The highest BCUT2D eigenvalue weighted by Gasteiger charge is 2.32. The highest BCUT2D eigenvalue weighted by molar-refractivity contribution is 5.88. The molecule has 1 aromatic carbocycles. The molecule has 0 spiro atoms. The van der Waals surface area contributed by atoms with Gasteiger partial charge in [-0.3, -0.25) is 4.68 Å². The Bertz CT molecular complexity index is 1310. The van der Waals surface area contributed by atoms with Crippen molar-refractivity contribution in [3.8, 4) is 17.0 Å². The second-order valence-corrected chi connectivity index (χ2v) is 10.0. The highest BCUT2D eigenvalue weighted by atomic mass is 16.3. The van der Waals surface area contributed by atoms with E-state index in [1.807, 2.05) is 37.5 Å². The van der Waals surface area contributed by atoms with Gasteiger partial charge in [-0.1, -0.05) is 6.92 Å². The molecule has 1 fully saturated rings. The van der Waals surface area contributed by atoms with Gasteiger partial charge in [-0.15, -0.1) is 0 Å². The Balaban J connectivity index is 1.44. The molecule has 1 aliphatic rings. The molecule has 0 unspecified atom stereocenters. The van der Waals surface area contributed by atoms with E-state index in [-0.39, 0.29) is 11.3 Å². The summed E-state index contributed by atoms with van der Waals surface area (Å²) in [5.41, 5.74) is 3.94. The number of rotatable bonds is 3. The van der Waals surface area contributed by atoms with Crippen molar-refractivity contribution >= 4 is 27.8 Å². The molecule has 5 rings (SSSR count). The topological polar surface area (TPSA) is 79.1 Å². The lowest BCUT2D eigenvalue weighted by molar-refractivity contribution is 0.334. The van der Waals surface area contributed by atoms with Gasteiger partial charge in [-0.25, -0.2) is 9.97 Å². The number of anilines is 1. The number of benzene rings is 1. The number of pyridine rings is 2. The van der Waals surface area contributed by atoms with Gasteiger partial charge in [0.2, 0.25) is 0 Å². The van der Waals surface area contributed by atoms with E-state index >= 15 is 0 Å². The number of nitrogens with one attached hydrogen (secondary N) is 1. The van der Waals surface area contributed by atoms with E-state index in [1.54, 1.807) is 10.7 Å². The summed E-state index contributed by atoms with van der Waals surface area (Å²) >= 11 is 0. The van der Waals surface area contributed by atoms with Crippen LogP contribution in [0.2, 0.25) is 0 Å². The summed E-state index contributed by atoms with van der Waals surface area (Å²) in [6.45, 7) is 10.9. The molecule has 3 aromatic heterocycles. The van der Waals surface area contributed by atoms with Crippen LogP contribution in [-0.4, -0.2) is 49.5 Å². The number of hydrogen-bond donors (Lipinski definition) is 2. The largest absolute Gasteiger partial charge is 0.507 e. The highest BCUT2D eigenvalue weighted by Crippen LogP contribution is 2.33. The molecule has 4 heterocycles. The Kier molecular flexibility index (Phi) is 4.82. The van der Waals surface area contributed by atoms with Crippen LogP contribution in [0.5, 0.6) is 5.75 Å². The monoisotopic (exact) mass is 430 g/mol. The van der Waals surface area contributed by atoms with Crippen LogP contribution in [0.25, 0.3) is 33.2 Å². The molecule has 0 amide bonds. The van der Waals surface area contributed by atoms with Crippen LogP contribution in [0.3, 0.4) is 0 Å². The van der Waals surface area contributed by atoms with E-state index in [2.05, 4.69) is 49.1 Å². The Morgan fingerprint density at radius 2 is 1.75 bits per heavy atom. The molecule has 7 heteroatoms. The number of aryl methyl sites for hydroxylation is 1. The fraction of sp³-hybridized carbons (Fsp3) is 0.400. The first-order chi connectivity index (χ1) is 15.2. The predicted octanol–water partition coefficient (Wildman–Crippen LogP) is 4.10. The lowest BCUT2D eigenvalue weighted by Gasteiger charge is -2.28. The summed E-state index contributed by atoms with van der Waals surface area (Å²) in [4.78, 5) is 12.0. The normalized spacial score (nSPS) is 19.3. The Labute approximate surface area is 188 Å². The van der Waals surface area contributed by atoms with Gasteiger partial charge in [-0.2, -0.15) is 5.10 Å². The van der Waals surface area contributed by atoms with E-state index in [4.69, 9.17) is 9.97 Å². The standard InChI is InChI=1S/C25H30N6O/c1-15-12-31(14-22(15)28-25(2,3)4)24-9-8-19-20(27-24)7-6-18(26-19)17-10-16-13-30(5)29-21(16)11-23(17)32/h6-11,13,15,22,28,32H,12,14H2,1-5H3/t15-,22+/m0/s1. The molecule has 7 nitrogen and oxygen atoms in total. The number of fused-ring (bicyclic) bond motifs is 2. The van der Waals surface area contributed by atoms with Gasteiger partial charge < -0.3 is 15.3 Å². The number of phenols is 1. The summed E-state index contributed by atoms with van der Waals surface area (Å²) in [6.07, 6.45) is 1.94. The van der Waals surface area contributed by atoms with Gasteiger partial charge in [0, 0.05) is 54.9 Å². The van der Waals surface area contributed by atoms with Gasteiger partial charge in [0.25, 0.3) is 0 Å². The smallest absolute Gasteiger partial charge is 0.129 e. The Hall–Kier alpha value is -3.19. The predicted molar refractivity (Wildman–Crippen MR) is 129 cm³/mol. The zero-order valence-electron chi connectivity index (χ0n) is 19.3. The first-order valence-corrected chi connectivity index (χ1v) is 11.1. The molecular weight excluding hydrogens is 400 g/mol. The molecule has 2 N–H and O–H groups in total. The second kappa shape index (κ2) is 7.45. The summed E-state index contributed by atoms with van der Waals surface area (Å²) in [6, 6.07) is 12.0. The lowest BCUT2D eigenvalue weighted by Crippen LogP contribution is -2.47. The lowest BCUT2D eigenvalue weighted by atomic mass is 10.0. The Morgan fingerprint density at radius 3 is 2.53 bits per heavy atom. The van der Waals surface area contributed by atoms with Crippen LogP contribution in [0.15, 0.2) is 42.6 Å². The third-order valence-corrected chi connectivity index (χ3v) is 6.09. The zero-order chi connectivity index (χ0) is 22.6. The SMILES string of the molecule is C[C@H]1CN(c2ccc3nc(-c4cc5cn(C)nc5cc4O)ccc3n2)C[C@H]1NC(C)(C)C. The maximum absolute atomic E-state index is 10.5. The van der Waals surface area contributed by atoms with Crippen LogP contribution in [0, 0.1) is 5.92 Å². The van der Waals surface area contributed by atoms with Crippen LogP contribution in [0.4, 0.5) is 5.82 Å². The first kappa shape index (κ1) is 20.7. The molecule has 0 bridgehead atoms. The van der Waals surface area contributed by atoms with Crippen molar-refractivity contribution in [3.05, 3.63) is 42.6 Å². The molecule has 1 saturated heterocycles. The third-order valence-electron chi connectivity index (χ3n) is 6.09. The van der Waals surface area contributed by atoms with Crippen molar-refractivity contribution in [3.63, 3.8) is 0 Å². The number of hydrogen-bond acceptors (Lipinski definition) is 6. The molecule has 0 radical (unpaired) electrons. The number of nitrogens with zero attached hydrogens (tertiary/aromatic N) is 5. The molecular formula is C25H30N6O. The van der Waals surface area contributed by atoms with Crippen LogP contribution < -0.4 is 10.2 Å². The van der Waals surface area contributed by atoms with Crippen LogP contribution in [0.1, 0.15) is 27.7 Å². The van der Waals surface area contributed by atoms with Crippen molar-refractivity contribution in [2.45, 2.75) is 39.3 Å². The molecule has 0 saturated carbocycles. The minimum Gasteiger partial charge on any atom is -0.507 e. The van der Waals surface area contributed by atoms with Gasteiger partial charge in [0.05, 0.1) is 22.2 Å². The van der Waals surface area contributed by atoms with Gasteiger partial charge in [0.15, 0.2) is 0 Å². The number of aromatic hydroxyl groups is 1. The van der Waals surface area contributed by atoms with E-state index in [0.29, 0.717) is 17.5 Å². The van der Waals surface area contributed by atoms with Crippen LogP contribution >= 0.6 is 0 Å². The molecule has 4 aromatic rings. The fourth-order valence-corrected chi connectivity index (χ4v) is 4.61. The summed E-state index contributed by atoms with van der Waals surface area (Å²) < 4.78 is 1.74. The zero-order valence-corrected chi connectivity index (χ0v) is 19.3. The summed E-state index contributed by atoms with van der Waals surface area (Å²) in [7, 11) is 1.87. The first-order valence-electron chi connectivity index (χ1n) is 11.1. The van der Waals surface area contributed by atoms with Crippen molar-refractivity contribution in [1.82, 2.24) is 25.1 Å². The summed E-state index contributed by atoms with van der Waals surface area (Å²) in [5, 5.41) is 19.6. The maximum atomic E-state index is 10.5. The molecule has 166 valence electrons. The molecule has 1 aliphatic heterocycles. The maximum Gasteiger partial charge on any atom is 0.129 e. The average Bonchev–Trinajstić information content (AvgIpc) is 3.26. The quantitative estimate of drug-likeness (QED) is 0.509. The molecule has 32 heavy (non-hydrogen) atoms. The van der Waals surface area contributed by atoms with Crippen molar-refractivity contribution < 1.29 is 5.11 Å². The van der Waals surface area contributed by atoms with Gasteiger partial charge in [-0.05, 0) is 57.0 Å². The molecule has 0 aliphatic carbocycles. The van der Waals surface area contributed by atoms with E-state index in [9.17, 15) is 5.11 Å². The van der Waals surface area contributed by atoms with Gasteiger partial charge in [0.1, 0.15) is 11.6 Å². The second-order valence-electron chi connectivity index (χ2n) is 10.0. The van der Waals surface area contributed by atoms with E-state index < -0.39 is 0 Å². The number of aromatic nitrogens is 4. The van der Waals surface area contributed by atoms with Gasteiger partial charge >= 0.3 is 0 Å². The average molecular weight is 431 g/mol. The van der Waals surface area contributed by atoms with Crippen LogP contribution in [-0.2, 0) is 7.05 Å². The van der Waals surface area contributed by atoms with E-state index in [0.717, 1.165) is 46.5 Å². The minimum atomic E-state index is 0.0937. The fourth-order valence-electron chi connectivity index (χ4n) is 4.61.